The molecule has 3 rings (SSSR count). The number of nitrogens with zero attached hydrogens (tertiary/aromatic N) is 2. The Kier molecular flexibility index (Phi) is 2.21. The maximum absolute atomic E-state index is 10.8. The standard InChI is InChI=1S/C11H12N4O2/c16-11(17)9-5-8(13-14-9)10-6-3-1-2-4-7(6)12-15-10/h5H,1-4H2,(H,12,15)(H,13,14)(H,16,17). The summed E-state index contributed by atoms with van der Waals surface area (Å²) in [5, 5.41) is 22.6. The van der Waals surface area contributed by atoms with Gasteiger partial charge in [-0.3, -0.25) is 10.2 Å². The highest BCUT2D eigenvalue weighted by Crippen LogP contribution is 2.28. The third-order valence-corrected chi connectivity index (χ3v) is 3.11. The molecule has 0 unspecified atom stereocenters. The molecule has 6 nitrogen and oxygen atoms in total. The van der Waals surface area contributed by atoms with Gasteiger partial charge in [0, 0.05) is 17.3 Å². The highest BCUT2D eigenvalue weighted by molar-refractivity contribution is 5.86. The minimum Gasteiger partial charge on any atom is -0.477 e. The van der Waals surface area contributed by atoms with Crippen LogP contribution in [0.25, 0.3) is 11.4 Å². The Bertz CT molecular complexity index is 570. The molecule has 0 radical (unpaired) electrons. The van der Waals surface area contributed by atoms with E-state index in [-0.39, 0.29) is 5.69 Å². The average molecular weight is 232 g/mol. The van der Waals surface area contributed by atoms with Crippen LogP contribution < -0.4 is 0 Å². The molecular weight excluding hydrogens is 220 g/mol. The lowest BCUT2D eigenvalue weighted by Crippen LogP contribution is -2.01. The smallest absolute Gasteiger partial charge is 0.353 e. The van der Waals surface area contributed by atoms with Crippen LogP contribution in [0.4, 0.5) is 0 Å². The minimum atomic E-state index is -1.01. The molecule has 1 aliphatic carbocycles. The van der Waals surface area contributed by atoms with E-state index in [4.69, 9.17) is 5.11 Å². The summed E-state index contributed by atoms with van der Waals surface area (Å²) < 4.78 is 0. The molecule has 0 saturated carbocycles. The van der Waals surface area contributed by atoms with E-state index in [1.807, 2.05) is 0 Å². The predicted octanol–water partition coefficient (Wildman–Crippen LogP) is 1.38. The summed E-state index contributed by atoms with van der Waals surface area (Å²) >= 11 is 0. The lowest BCUT2D eigenvalue weighted by Gasteiger charge is -2.09. The van der Waals surface area contributed by atoms with Gasteiger partial charge < -0.3 is 5.11 Å². The molecule has 0 aliphatic heterocycles. The summed E-state index contributed by atoms with van der Waals surface area (Å²) in [5.74, 6) is -1.01. The molecule has 17 heavy (non-hydrogen) atoms. The van der Waals surface area contributed by atoms with Crippen molar-refractivity contribution in [2.45, 2.75) is 25.7 Å². The highest BCUT2D eigenvalue weighted by Gasteiger charge is 2.20. The fourth-order valence-electron chi connectivity index (χ4n) is 2.25. The average Bonchev–Trinajstić information content (AvgIpc) is 2.95. The van der Waals surface area contributed by atoms with Gasteiger partial charge in [-0.05, 0) is 25.7 Å². The zero-order valence-electron chi connectivity index (χ0n) is 9.16. The number of aromatic amines is 2. The summed E-state index contributed by atoms with van der Waals surface area (Å²) in [4.78, 5) is 10.8. The number of aromatic carboxylic acids is 1. The van der Waals surface area contributed by atoms with Crippen molar-refractivity contribution in [1.29, 1.82) is 0 Å². The molecule has 6 heteroatoms. The van der Waals surface area contributed by atoms with Crippen molar-refractivity contribution in [3.8, 4) is 11.4 Å². The molecule has 1 aliphatic rings. The first-order valence-corrected chi connectivity index (χ1v) is 5.61. The van der Waals surface area contributed by atoms with Gasteiger partial charge >= 0.3 is 5.97 Å². The molecule has 2 heterocycles. The Morgan fingerprint density at radius 2 is 2.06 bits per heavy atom. The van der Waals surface area contributed by atoms with Gasteiger partial charge in [-0.15, -0.1) is 0 Å². The molecule has 88 valence electrons. The Morgan fingerprint density at radius 3 is 2.82 bits per heavy atom. The number of aryl methyl sites for hydroxylation is 1. The van der Waals surface area contributed by atoms with Crippen molar-refractivity contribution in [3.05, 3.63) is 23.0 Å². The number of nitrogens with one attached hydrogen (secondary N) is 2. The Hall–Kier alpha value is -2.11. The zero-order chi connectivity index (χ0) is 11.8. The van der Waals surface area contributed by atoms with E-state index < -0.39 is 5.97 Å². The number of carboxylic acids is 1. The van der Waals surface area contributed by atoms with E-state index in [2.05, 4.69) is 20.4 Å². The first kappa shape index (κ1) is 10.1. The normalized spacial score (nSPS) is 14.6. The summed E-state index contributed by atoms with van der Waals surface area (Å²) in [7, 11) is 0. The van der Waals surface area contributed by atoms with Gasteiger partial charge in [0.15, 0.2) is 0 Å². The quantitative estimate of drug-likeness (QED) is 0.728. The lowest BCUT2D eigenvalue weighted by atomic mass is 9.95. The Morgan fingerprint density at radius 1 is 1.24 bits per heavy atom. The molecule has 0 bridgehead atoms. The van der Waals surface area contributed by atoms with E-state index in [0.29, 0.717) is 5.69 Å². The summed E-state index contributed by atoms with van der Waals surface area (Å²) in [6.45, 7) is 0. The number of hydrogen-bond acceptors (Lipinski definition) is 3. The lowest BCUT2D eigenvalue weighted by molar-refractivity contribution is 0.0690. The SMILES string of the molecule is O=C(O)c1cc(-c2n[nH]c3c2CCCC3)n[nH]1. The van der Waals surface area contributed by atoms with E-state index in [9.17, 15) is 4.79 Å². The van der Waals surface area contributed by atoms with Crippen LogP contribution in [0.2, 0.25) is 0 Å². The summed E-state index contributed by atoms with van der Waals surface area (Å²) in [6.07, 6.45) is 4.32. The third-order valence-electron chi connectivity index (χ3n) is 3.11. The van der Waals surface area contributed by atoms with Gasteiger partial charge in [0.25, 0.3) is 0 Å². The monoisotopic (exact) mass is 232 g/mol. The van der Waals surface area contributed by atoms with E-state index in [1.165, 1.54) is 18.1 Å². The summed E-state index contributed by atoms with van der Waals surface area (Å²) in [5.41, 5.74) is 3.81. The second kappa shape index (κ2) is 3.73. The van der Waals surface area contributed by atoms with Gasteiger partial charge in [-0.1, -0.05) is 0 Å². The number of rotatable bonds is 2. The molecule has 3 N–H and O–H groups in total. The first-order valence-electron chi connectivity index (χ1n) is 5.61. The fraction of sp³-hybridized carbons (Fsp3) is 0.364. The fourth-order valence-corrected chi connectivity index (χ4v) is 2.25. The topological polar surface area (TPSA) is 94.7 Å². The molecule has 2 aromatic heterocycles. The van der Waals surface area contributed by atoms with Gasteiger partial charge in [-0.2, -0.15) is 10.2 Å². The van der Waals surface area contributed by atoms with Crippen molar-refractivity contribution in [2.75, 3.05) is 0 Å². The van der Waals surface area contributed by atoms with Crippen LogP contribution in [0, 0.1) is 0 Å². The van der Waals surface area contributed by atoms with Gasteiger partial charge in [0.2, 0.25) is 0 Å². The highest BCUT2D eigenvalue weighted by atomic mass is 16.4. The van der Waals surface area contributed by atoms with Crippen molar-refractivity contribution >= 4 is 5.97 Å². The van der Waals surface area contributed by atoms with Gasteiger partial charge in [0.1, 0.15) is 17.1 Å². The molecular formula is C11H12N4O2. The van der Waals surface area contributed by atoms with E-state index in [0.717, 1.165) is 30.7 Å². The first-order chi connectivity index (χ1) is 8.25. The second-order valence-corrected chi connectivity index (χ2v) is 4.21. The number of hydrogen-bond donors (Lipinski definition) is 3. The maximum atomic E-state index is 10.8. The van der Waals surface area contributed by atoms with E-state index >= 15 is 0 Å². The van der Waals surface area contributed by atoms with Crippen LogP contribution in [-0.4, -0.2) is 31.5 Å². The molecule has 0 amide bonds. The summed E-state index contributed by atoms with van der Waals surface area (Å²) in [6, 6.07) is 1.52. The van der Waals surface area contributed by atoms with Crippen LogP contribution in [0.3, 0.4) is 0 Å². The second-order valence-electron chi connectivity index (χ2n) is 4.21. The van der Waals surface area contributed by atoms with Crippen LogP contribution in [0.5, 0.6) is 0 Å². The third kappa shape index (κ3) is 1.61. The molecule has 0 spiro atoms. The van der Waals surface area contributed by atoms with Crippen molar-refractivity contribution < 1.29 is 9.90 Å². The van der Waals surface area contributed by atoms with Crippen molar-refractivity contribution in [1.82, 2.24) is 20.4 Å². The molecule has 0 saturated heterocycles. The number of carboxylic acid groups (broad SMARTS) is 1. The van der Waals surface area contributed by atoms with Crippen molar-refractivity contribution in [2.24, 2.45) is 0 Å². The largest absolute Gasteiger partial charge is 0.477 e. The number of H-pyrrole nitrogens is 2. The van der Waals surface area contributed by atoms with Gasteiger partial charge in [0.05, 0.1) is 0 Å². The van der Waals surface area contributed by atoms with E-state index in [1.54, 1.807) is 0 Å². The molecule has 0 atom stereocenters. The number of carbonyl (C=O) groups is 1. The minimum absolute atomic E-state index is 0.0903. The maximum Gasteiger partial charge on any atom is 0.353 e. The molecule has 2 aromatic rings. The molecule has 0 fully saturated rings. The van der Waals surface area contributed by atoms with Crippen LogP contribution in [0.15, 0.2) is 6.07 Å². The molecule has 0 aromatic carbocycles. The number of fused-ring (bicyclic) bond motifs is 1. The number of aromatic nitrogens is 4. The van der Waals surface area contributed by atoms with Gasteiger partial charge in [-0.25, -0.2) is 4.79 Å². The Labute approximate surface area is 97.1 Å². The zero-order valence-corrected chi connectivity index (χ0v) is 9.16. The predicted molar refractivity (Wildman–Crippen MR) is 59.8 cm³/mol. The van der Waals surface area contributed by atoms with Crippen LogP contribution in [0.1, 0.15) is 34.6 Å². The van der Waals surface area contributed by atoms with Crippen LogP contribution >= 0.6 is 0 Å². The van der Waals surface area contributed by atoms with Crippen LogP contribution in [-0.2, 0) is 12.8 Å². The Balaban J connectivity index is 2.03. The van der Waals surface area contributed by atoms with Crippen molar-refractivity contribution in [3.63, 3.8) is 0 Å².